The summed E-state index contributed by atoms with van der Waals surface area (Å²) in [5.41, 5.74) is 2.40. The number of aromatic carboxylic acids is 2. The van der Waals surface area contributed by atoms with Gasteiger partial charge in [0, 0.05) is 0 Å². The number of hydrogen-bond donors (Lipinski definition) is 2. The molecule has 0 aliphatic rings. The SMILES string of the molecule is CCCc1c(CCC)c([Si](C)(C)C)c(C(=O)O)c(C(=O)O)c1[Si](C)(C)C. The van der Waals surface area contributed by atoms with E-state index in [0.29, 0.717) is 0 Å². The standard InChI is InChI=1S/C20H34O4Si2/c1-9-11-13-14(12-10-2)18(26(6,7)8)16(20(23)24)15(19(21)22)17(13)25(3,4)5/h9-12H2,1-8H3,(H,21,22)(H,23,24). The van der Waals surface area contributed by atoms with Crippen LogP contribution in [0, 0.1) is 0 Å². The Kier molecular flexibility index (Phi) is 7.04. The smallest absolute Gasteiger partial charge is 0.336 e. The van der Waals surface area contributed by atoms with Gasteiger partial charge in [-0.2, -0.15) is 0 Å². The van der Waals surface area contributed by atoms with Crippen molar-refractivity contribution in [3.63, 3.8) is 0 Å². The minimum atomic E-state index is -2.07. The van der Waals surface area contributed by atoms with Crippen LogP contribution in [0.15, 0.2) is 0 Å². The predicted molar refractivity (Wildman–Crippen MR) is 114 cm³/mol. The van der Waals surface area contributed by atoms with Gasteiger partial charge in [0.15, 0.2) is 0 Å². The Morgan fingerprint density at radius 3 is 1.12 bits per heavy atom. The summed E-state index contributed by atoms with van der Waals surface area (Å²) >= 11 is 0. The van der Waals surface area contributed by atoms with Gasteiger partial charge < -0.3 is 10.2 Å². The van der Waals surface area contributed by atoms with Gasteiger partial charge in [-0.1, -0.05) is 66.0 Å². The molecule has 0 aliphatic carbocycles. The van der Waals surface area contributed by atoms with Gasteiger partial charge in [-0.25, -0.2) is 9.59 Å². The number of carboxylic acids is 2. The number of carbonyl (C=O) groups is 2. The van der Waals surface area contributed by atoms with Crippen molar-refractivity contribution in [2.24, 2.45) is 0 Å². The maximum absolute atomic E-state index is 12.3. The number of benzene rings is 1. The normalized spacial score (nSPS) is 12.3. The average Bonchev–Trinajstić information content (AvgIpc) is 2.45. The molecule has 1 rings (SSSR count). The Labute approximate surface area is 159 Å². The maximum atomic E-state index is 12.3. The highest BCUT2D eigenvalue weighted by molar-refractivity contribution is 6.92. The number of carboxylic acid groups (broad SMARTS) is 2. The lowest BCUT2D eigenvalue weighted by atomic mass is 9.92. The summed E-state index contributed by atoms with van der Waals surface area (Å²) in [7, 11) is -4.14. The van der Waals surface area contributed by atoms with Gasteiger partial charge in [0.1, 0.15) is 0 Å². The van der Waals surface area contributed by atoms with Crippen LogP contribution < -0.4 is 10.4 Å². The average molecular weight is 395 g/mol. The molecule has 1 aromatic carbocycles. The molecule has 0 amide bonds. The van der Waals surface area contributed by atoms with Gasteiger partial charge in [0.25, 0.3) is 0 Å². The summed E-state index contributed by atoms with van der Waals surface area (Å²) in [6.45, 7) is 16.9. The van der Waals surface area contributed by atoms with Crippen molar-refractivity contribution in [1.82, 2.24) is 0 Å². The molecule has 4 nitrogen and oxygen atoms in total. The van der Waals surface area contributed by atoms with E-state index in [1.54, 1.807) is 0 Å². The van der Waals surface area contributed by atoms with Crippen molar-refractivity contribution in [1.29, 1.82) is 0 Å². The first-order chi connectivity index (χ1) is 11.8. The van der Waals surface area contributed by atoms with Crippen LogP contribution in [0.4, 0.5) is 0 Å². The molecule has 0 radical (unpaired) electrons. The fraction of sp³-hybridized carbons (Fsp3) is 0.600. The Morgan fingerprint density at radius 1 is 0.692 bits per heavy atom. The van der Waals surface area contributed by atoms with Crippen molar-refractivity contribution >= 4 is 38.5 Å². The molecule has 0 spiro atoms. The van der Waals surface area contributed by atoms with E-state index in [9.17, 15) is 19.8 Å². The lowest BCUT2D eigenvalue weighted by molar-refractivity contribution is 0.0653. The van der Waals surface area contributed by atoms with Gasteiger partial charge in [-0.05, 0) is 34.3 Å². The summed E-state index contributed by atoms with van der Waals surface area (Å²) in [6.07, 6.45) is 3.47. The van der Waals surface area contributed by atoms with E-state index in [2.05, 4.69) is 53.1 Å². The maximum Gasteiger partial charge on any atom is 0.336 e. The molecule has 0 aliphatic heterocycles. The fourth-order valence-corrected chi connectivity index (χ4v) is 8.31. The van der Waals surface area contributed by atoms with Gasteiger partial charge >= 0.3 is 11.9 Å². The molecule has 0 saturated heterocycles. The van der Waals surface area contributed by atoms with E-state index >= 15 is 0 Å². The lowest BCUT2D eigenvalue weighted by Gasteiger charge is -2.33. The Bertz CT molecular complexity index is 649. The topological polar surface area (TPSA) is 74.6 Å². The van der Waals surface area contributed by atoms with Crippen molar-refractivity contribution in [3.8, 4) is 0 Å². The highest BCUT2D eigenvalue weighted by Crippen LogP contribution is 2.25. The third kappa shape index (κ3) is 4.46. The molecule has 26 heavy (non-hydrogen) atoms. The zero-order valence-electron chi connectivity index (χ0n) is 17.5. The van der Waals surface area contributed by atoms with Crippen LogP contribution in [-0.4, -0.2) is 38.3 Å². The van der Waals surface area contributed by atoms with Crippen LogP contribution in [0.25, 0.3) is 0 Å². The van der Waals surface area contributed by atoms with Crippen molar-refractivity contribution in [3.05, 3.63) is 22.3 Å². The van der Waals surface area contributed by atoms with E-state index in [0.717, 1.165) is 47.2 Å². The summed E-state index contributed by atoms with van der Waals surface area (Å²) in [5.74, 6) is -2.19. The largest absolute Gasteiger partial charge is 0.478 e. The van der Waals surface area contributed by atoms with E-state index in [1.807, 2.05) is 0 Å². The zero-order valence-corrected chi connectivity index (χ0v) is 19.5. The molecule has 0 unspecified atom stereocenters. The predicted octanol–water partition coefficient (Wildman–Crippen LogP) is 4.08. The first-order valence-corrected chi connectivity index (χ1v) is 16.5. The minimum absolute atomic E-state index is 0.0670. The van der Waals surface area contributed by atoms with E-state index in [-0.39, 0.29) is 11.1 Å². The van der Waals surface area contributed by atoms with Crippen LogP contribution in [0.5, 0.6) is 0 Å². The van der Waals surface area contributed by atoms with Crippen LogP contribution >= 0.6 is 0 Å². The minimum Gasteiger partial charge on any atom is -0.478 e. The molecule has 0 fully saturated rings. The number of rotatable bonds is 8. The molecular formula is C20H34O4Si2. The van der Waals surface area contributed by atoms with Crippen molar-refractivity contribution < 1.29 is 19.8 Å². The highest BCUT2D eigenvalue weighted by Gasteiger charge is 2.38. The quantitative estimate of drug-likeness (QED) is 0.652. The van der Waals surface area contributed by atoms with Crippen LogP contribution in [0.1, 0.15) is 58.5 Å². The summed E-state index contributed by atoms with van der Waals surface area (Å²) < 4.78 is 0. The van der Waals surface area contributed by atoms with E-state index < -0.39 is 28.1 Å². The monoisotopic (exact) mass is 394 g/mol. The molecular weight excluding hydrogens is 360 g/mol. The third-order valence-corrected chi connectivity index (χ3v) is 8.75. The lowest BCUT2D eigenvalue weighted by Crippen LogP contribution is -2.53. The van der Waals surface area contributed by atoms with Crippen molar-refractivity contribution in [2.45, 2.75) is 78.8 Å². The first-order valence-electron chi connectivity index (χ1n) is 9.48. The second kappa shape index (κ2) is 8.09. The Balaban J connectivity index is 4.35. The molecule has 0 bridgehead atoms. The van der Waals surface area contributed by atoms with E-state index in [1.165, 1.54) is 0 Å². The molecule has 2 N–H and O–H groups in total. The molecule has 0 aromatic heterocycles. The molecule has 0 atom stereocenters. The Hall–Kier alpha value is -1.41. The third-order valence-electron chi connectivity index (χ3n) is 4.65. The summed E-state index contributed by atoms with van der Waals surface area (Å²) in [4.78, 5) is 24.5. The van der Waals surface area contributed by atoms with E-state index in [4.69, 9.17) is 0 Å². The molecule has 0 saturated carbocycles. The second-order valence-corrected chi connectivity index (χ2v) is 19.1. The Morgan fingerprint density at radius 2 is 0.962 bits per heavy atom. The summed E-state index contributed by atoms with van der Waals surface area (Å²) in [6, 6.07) is 0. The van der Waals surface area contributed by atoms with Gasteiger partial charge in [0.05, 0.1) is 27.3 Å². The van der Waals surface area contributed by atoms with Crippen LogP contribution in [0.3, 0.4) is 0 Å². The van der Waals surface area contributed by atoms with Crippen LogP contribution in [-0.2, 0) is 12.8 Å². The first kappa shape index (κ1) is 22.6. The molecule has 6 heteroatoms. The van der Waals surface area contributed by atoms with Gasteiger partial charge in [-0.15, -0.1) is 0 Å². The van der Waals surface area contributed by atoms with Crippen molar-refractivity contribution in [2.75, 3.05) is 0 Å². The molecule has 1 aromatic rings. The van der Waals surface area contributed by atoms with Gasteiger partial charge in [-0.3, -0.25) is 0 Å². The fourth-order valence-electron chi connectivity index (χ4n) is 3.99. The summed E-state index contributed by atoms with van der Waals surface area (Å²) in [5, 5.41) is 21.8. The zero-order chi connectivity index (χ0) is 20.4. The molecule has 0 heterocycles. The second-order valence-electron chi connectivity index (χ2n) is 9.07. The molecule has 146 valence electrons. The number of hydrogen-bond acceptors (Lipinski definition) is 2. The highest BCUT2D eigenvalue weighted by atomic mass is 28.3. The van der Waals surface area contributed by atoms with Crippen LogP contribution in [0.2, 0.25) is 39.3 Å². The van der Waals surface area contributed by atoms with Gasteiger partial charge in [0.2, 0.25) is 0 Å².